The van der Waals surface area contributed by atoms with Crippen molar-refractivity contribution in [3.05, 3.63) is 23.8 Å². The Bertz CT molecular complexity index is 537. The van der Waals surface area contributed by atoms with Crippen LogP contribution in [0.1, 0.15) is 5.56 Å². The molecule has 0 aromatic heterocycles. The molecule has 0 bridgehead atoms. The minimum Gasteiger partial charge on any atom is -0.486 e. The predicted molar refractivity (Wildman–Crippen MR) is 78.2 cm³/mol. The van der Waals surface area contributed by atoms with Crippen molar-refractivity contribution in [1.82, 2.24) is 10.6 Å². The third-order valence-electron chi connectivity index (χ3n) is 3.73. The van der Waals surface area contributed by atoms with Crippen molar-refractivity contribution in [3.8, 4) is 11.5 Å². The summed E-state index contributed by atoms with van der Waals surface area (Å²) in [4.78, 5) is 12.0. The molecule has 3 rings (SSSR count). The number of amides is 2. The number of rotatable bonds is 4. The van der Waals surface area contributed by atoms with Crippen LogP contribution in [0.25, 0.3) is 0 Å². The van der Waals surface area contributed by atoms with Crippen molar-refractivity contribution in [2.45, 2.75) is 18.7 Å². The number of ether oxygens (including phenoxy) is 4. The van der Waals surface area contributed by atoms with E-state index < -0.39 is 0 Å². The predicted octanol–water partition coefficient (Wildman–Crippen LogP) is 0.671. The number of benzene rings is 1. The summed E-state index contributed by atoms with van der Waals surface area (Å²) >= 11 is 0. The summed E-state index contributed by atoms with van der Waals surface area (Å²) in [6.07, 6.45) is -0.105. The SMILES string of the molecule is CO[C@@H]1COC[C@@H]1NC(=O)NCc1cccc2c1OCCO2. The average molecular weight is 308 g/mol. The maximum Gasteiger partial charge on any atom is 0.315 e. The molecular formula is C15H20N2O5. The van der Waals surface area contributed by atoms with Crippen LogP contribution in [0.2, 0.25) is 0 Å². The van der Waals surface area contributed by atoms with Crippen LogP contribution in [0.5, 0.6) is 11.5 Å². The second kappa shape index (κ2) is 6.85. The molecule has 22 heavy (non-hydrogen) atoms. The number of hydrogen-bond donors (Lipinski definition) is 2. The van der Waals surface area contributed by atoms with Crippen LogP contribution in [0.4, 0.5) is 4.79 Å². The molecule has 0 unspecified atom stereocenters. The monoisotopic (exact) mass is 308 g/mol. The van der Waals surface area contributed by atoms with Crippen molar-refractivity contribution in [2.24, 2.45) is 0 Å². The highest BCUT2D eigenvalue weighted by Crippen LogP contribution is 2.33. The number of carbonyl (C=O) groups excluding carboxylic acids is 1. The van der Waals surface area contributed by atoms with Gasteiger partial charge in [-0.15, -0.1) is 0 Å². The van der Waals surface area contributed by atoms with Gasteiger partial charge in [0.25, 0.3) is 0 Å². The van der Waals surface area contributed by atoms with Crippen molar-refractivity contribution in [2.75, 3.05) is 33.5 Å². The molecule has 7 nitrogen and oxygen atoms in total. The molecule has 1 fully saturated rings. The second-order valence-electron chi connectivity index (χ2n) is 5.19. The van der Waals surface area contributed by atoms with E-state index in [1.54, 1.807) is 7.11 Å². The molecule has 2 atom stereocenters. The highest BCUT2D eigenvalue weighted by molar-refractivity contribution is 5.74. The Hall–Kier alpha value is -1.99. The van der Waals surface area contributed by atoms with Crippen LogP contribution in [0.15, 0.2) is 18.2 Å². The third kappa shape index (κ3) is 3.26. The minimum absolute atomic E-state index is 0.105. The Kier molecular flexibility index (Phi) is 4.65. The van der Waals surface area contributed by atoms with Gasteiger partial charge in [0.2, 0.25) is 0 Å². The molecule has 1 aromatic carbocycles. The van der Waals surface area contributed by atoms with E-state index >= 15 is 0 Å². The zero-order valence-corrected chi connectivity index (χ0v) is 12.5. The van der Waals surface area contributed by atoms with E-state index in [9.17, 15) is 4.79 Å². The summed E-state index contributed by atoms with van der Waals surface area (Å²) in [5.41, 5.74) is 0.887. The van der Waals surface area contributed by atoms with Crippen LogP contribution in [0.3, 0.4) is 0 Å². The summed E-state index contributed by atoms with van der Waals surface area (Å²) < 4.78 is 21.7. The number of fused-ring (bicyclic) bond motifs is 1. The molecule has 0 saturated carbocycles. The lowest BCUT2D eigenvalue weighted by Gasteiger charge is -2.21. The van der Waals surface area contributed by atoms with Gasteiger partial charge in [0.15, 0.2) is 11.5 Å². The third-order valence-corrected chi connectivity index (χ3v) is 3.73. The van der Waals surface area contributed by atoms with E-state index in [2.05, 4.69) is 10.6 Å². The Morgan fingerprint density at radius 1 is 1.32 bits per heavy atom. The van der Waals surface area contributed by atoms with Gasteiger partial charge in [-0.3, -0.25) is 0 Å². The van der Waals surface area contributed by atoms with Gasteiger partial charge >= 0.3 is 6.03 Å². The van der Waals surface area contributed by atoms with Crippen LogP contribution >= 0.6 is 0 Å². The lowest BCUT2D eigenvalue weighted by atomic mass is 10.1. The highest BCUT2D eigenvalue weighted by atomic mass is 16.6. The lowest BCUT2D eigenvalue weighted by molar-refractivity contribution is 0.0745. The molecule has 120 valence electrons. The Balaban J connectivity index is 1.55. The molecule has 0 spiro atoms. The fourth-order valence-corrected chi connectivity index (χ4v) is 2.57. The molecule has 2 aliphatic rings. The summed E-state index contributed by atoms with van der Waals surface area (Å²) in [5.74, 6) is 1.42. The maximum absolute atomic E-state index is 12.0. The highest BCUT2D eigenvalue weighted by Gasteiger charge is 2.29. The van der Waals surface area contributed by atoms with E-state index in [4.69, 9.17) is 18.9 Å². The molecule has 1 aromatic rings. The van der Waals surface area contributed by atoms with E-state index in [0.717, 1.165) is 11.3 Å². The molecule has 0 aliphatic carbocycles. The molecule has 2 aliphatic heterocycles. The van der Waals surface area contributed by atoms with Crippen molar-refractivity contribution < 1.29 is 23.7 Å². The normalized spacial score (nSPS) is 23.1. The molecule has 1 saturated heterocycles. The summed E-state index contributed by atoms with van der Waals surface area (Å²) in [5, 5.41) is 5.68. The van der Waals surface area contributed by atoms with E-state index in [0.29, 0.717) is 38.7 Å². The number of methoxy groups -OCH3 is 1. The Morgan fingerprint density at radius 3 is 3.05 bits per heavy atom. The molecule has 7 heteroatoms. The van der Waals surface area contributed by atoms with Gasteiger partial charge in [-0.1, -0.05) is 12.1 Å². The number of para-hydroxylation sites is 1. The summed E-state index contributed by atoms with van der Waals surface area (Å²) in [6, 6.07) is 5.26. The van der Waals surface area contributed by atoms with Crippen LogP contribution in [-0.2, 0) is 16.0 Å². The van der Waals surface area contributed by atoms with E-state index in [-0.39, 0.29) is 18.2 Å². The van der Waals surface area contributed by atoms with Crippen LogP contribution < -0.4 is 20.1 Å². The van der Waals surface area contributed by atoms with Crippen LogP contribution in [-0.4, -0.2) is 51.7 Å². The van der Waals surface area contributed by atoms with Gasteiger partial charge in [0, 0.05) is 19.2 Å². The van der Waals surface area contributed by atoms with Crippen molar-refractivity contribution in [1.29, 1.82) is 0 Å². The van der Waals surface area contributed by atoms with Gasteiger partial charge in [0.1, 0.15) is 19.3 Å². The quantitative estimate of drug-likeness (QED) is 0.855. The molecule has 2 N–H and O–H groups in total. The van der Waals surface area contributed by atoms with E-state index in [1.807, 2.05) is 18.2 Å². The first-order valence-electron chi connectivity index (χ1n) is 7.30. The van der Waals surface area contributed by atoms with Gasteiger partial charge < -0.3 is 29.6 Å². The Morgan fingerprint density at radius 2 is 2.18 bits per heavy atom. The number of hydrogen-bond acceptors (Lipinski definition) is 5. The average Bonchev–Trinajstić information content (AvgIpc) is 3.00. The maximum atomic E-state index is 12.0. The second-order valence-corrected chi connectivity index (χ2v) is 5.19. The smallest absolute Gasteiger partial charge is 0.315 e. The van der Waals surface area contributed by atoms with Crippen molar-refractivity contribution >= 4 is 6.03 Å². The van der Waals surface area contributed by atoms with Gasteiger partial charge in [0.05, 0.1) is 19.3 Å². The first-order valence-corrected chi connectivity index (χ1v) is 7.30. The fourth-order valence-electron chi connectivity index (χ4n) is 2.57. The van der Waals surface area contributed by atoms with Gasteiger partial charge in [-0.2, -0.15) is 0 Å². The number of urea groups is 1. The standard InChI is InChI=1S/C15H20N2O5/c1-19-13-9-20-8-11(13)17-15(18)16-7-10-3-2-4-12-14(10)22-6-5-21-12/h2-4,11,13H,5-9H2,1H3,(H2,16,17,18)/t11-,13+/m0/s1. The number of nitrogens with one attached hydrogen (secondary N) is 2. The van der Waals surface area contributed by atoms with Crippen LogP contribution in [0, 0.1) is 0 Å². The number of carbonyl (C=O) groups is 1. The molecular weight excluding hydrogens is 288 g/mol. The topological polar surface area (TPSA) is 78.1 Å². The van der Waals surface area contributed by atoms with Gasteiger partial charge in [-0.25, -0.2) is 4.79 Å². The van der Waals surface area contributed by atoms with Gasteiger partial charge in [-0.05, 0) is 6.07 Å². The summed E-state index contributed by atoms with van der Waals surface area (Å²) in [6.45, 7) is 2.39. The van der Waals surface area contributed by atoms with E-state index in [1.165, 1.54) is 0 Å². The summed E-state index contributed by atoms with van der Waals surface area (Å²) in [7, 11) is 1.61. The molecule has 0 radical (unpaired) electrons. The first-order chi connectivity index (χ1) is 10.8. The first kappa shape index (κ1) is 14.9. The van der Waals surface area contributed by atoms with Crippen molar-refractivity contribution in [3.63, 3.8) is 0 Å². The zero-order chi connectivity index (χ0) is 15.4. The molecule has 2 heterocycles. The Labute approximate surface area is 128 Å². The minimum atomic E-state index is -0.258. The fraction of sp³-hybridized carbons (Fsp3) is 0.533. The molecule has 2 amide bonds. The largest absolute Gasteiger partial charge is 0.486 e. The zero-order valence-electron chi connectivity index (χ0n) is 12.5. The lowest BCUT2D eigenvalue weighted by Crippen LogP contribution is -2.47.